The summed E-state index contributed by atoms with van der Waals surface area (Å²) in [5, 5.41) is 16.2. The number of rotatable bonds is 8. The number of carbonyl (C=O) groups excluding carboxylic acids is 1. The topological polar surface area (TPSA) is 117 Å². The molecule has 0 radical (unpaired) electrons. The van der Waals surface area contributed by atoms with E-state index < -0.39 is 17.9 Å². The van der Waals surface area contributed by atoms with Gasteiger partial charge in [0.15, 0.2) is 0 Å². The van der Waals surface area contributed by atoms with E-state index in [-0.39, 0.29) is 28.0 Å². The van der Waals surface area contributed by atoms with Crippen LogP contribution in [0.5, 0.6) is 0 Å². The quantitative estimate of drug-likeness (QED) is 0.255. The first-order valence-corrected chi connectivity index (χ1v) is 11.7. The molecule has 0 fully saturated rings. The second kappa shape index (κ2) is 11.3. The van der Waals surface area contributed by atoms with Gasteiger partial charge in [0.25, 0.3) is 5.91 Å². The Labute approximate surface area is 221 Å². The van der Waals surface area contributed by atoms with Crippen molar-refractivity contribution in [1.82, 2.24) is 15.0 Å². The lowest BCUT2D eigenvalue weighted by molar-refractivity contribution is -0.137. The van der Waals surface area contributed by atoms with Crippen LogP contribution in [-0.4, -0.2) is 38.0 Å². The highest BCUT2D eigenvalue weighted by molar-refractivity contribution is 6.40. The molecular formula is C25H18Cl3N5O3. The lowest BCUT2D eigenvalue weighted by Crippen LogP contribution is -2.32. The smallest absolute Gasteiger partial charge is 0.326 e. The van der Waals surface area contributed by atoms with Gasteiger partial charge in [0.05, 0.1) is 21.3 Å². The maximum Gasteiger partial charge on any atom is 0.326 e. The van der Waals surface area contributed by atoms with Gasteiger partial charge in [-0.05, 0) is 35.9 Å². The van der Waals surface area contributed by atoms with Gasteiger partial charge in [-0.15, -0.1) is 0 Å². The van der Waals surface area contributed by atoms with E-state index in [0.29, 0.717) is 16.4 Å². The molecule has 0 aliphatic carbocycles. The van der Waals surface area contributed by atoms with Crippen molar-refractivity contribution < 1.29 is 14.7 Å². The van der Waals surface area contributed by atoms with Crippen molar-refractivity contribution in [3.8, 4) is 11.3 Å². The van der Waals surface area contributed by atoms with Gasteiger partial charge < -0.3 is 15.7 Å². The molecule has 11 heteroatoms. The van der Waals surface area contributed by atoms with Gasteiger partial charge >= 0.3 is 5.97 Å². The maximum absolute atomic E-state index is 12.5. The Balaban J connectivity index is 1.44. The molecule has 2 heterocycles. The van der Waals surface area contributed by atoms with Gasteiger partial charge in [0, 0.05) is 41.3 Å². The molecular weight excluding hydrogens is 525 g/mol. The molecule has 36 heavy (non-hydrogen) atoms. The van der Waals surface area contributed by atoms with Gasteiger partial charge in [-0.1, -0.05) is 59.1 Å². The van der Waals surface area contributed by atoms with Crippen LogP contribution in [0.15, 0.2) is 73.2 Å². The highest BCUT2D eigenvalue weighted by Crippen LogP contribution is 2.24. The molecule has 0 spiro atoms. The monoisotopic (exact) mass is 541 g/mol. The summed E-state index contributed by atoms with van der Waals surface area (Å²) in [6, 6.07) is 14.6. The average Bonchev–Trinajstić information content (AvgIpc) is 2.85. The van der Waals surface area contributed by atoms with Gasteiger partial charge in [0.1, 0.15) is 6.04 Å². The fourth-order valence-corrected chi connectivity index (χ4v) is 4.01. The molecule has 4 rings (SSSR count). The van der Waals surface area contributed by atoms with E-state index >= 15 is 0 Å². The van der Waals surface area contributed by atoms with Gasteiger partial charge in [0.2, 0.25) is 5.95 Å². The van der Waals surface area contributed by atoms with Crippen LogP contribution >= 0.6 is 34.8 Å². The van der Waals surface area contributed by atoms with Crippen LogP contribution in [0, 0.1) is 0 Å². The van der Waals surface area contributed by atoms with Gasteiger partial charge in [-0.3, -0.25) is 9.78 Å². The molecule has 182 valence electrons. The third kappa shape index (κ3) is 6.28. The van der Waals surface area contributed by atoms with Crippen molar-refractivity contribution in [1.29, 1.82) is 0 Å². The number of pyridine rings is 1. The van der Waals surface area contributed by atoms with Crippen molar-refractivity contribution in [2.75, 3.05) is 10.6 Å². The summed E-state index contributed by atoms with van der Waals surface area (Å²) in [7, 11) is 0. The number of hydrogen-bond acceptors (Lipinski definition) is 6. The summed E-state index contributed by atoms with van der Waals surface area (Å²) in [5.74, 6) is -1.36. The Hall–Kier alpha value is -3.72. The number of carboxylic acids is 1. The standard InChI is InChI=1S/C25H18Cl3N5O3/c26-16-5-3-15(4-6-16)20-9-10-30-25(32-20)33-21(24(35)36)11-14-1-7-17(8-2-14)31-23(34)22-18(27)12-29-13-19(22)28/h1-10,12-13,21H,11H2,(H,31,34)(H,35,36)(H,30,32,33). The Morgan fingerprint density at radius 2 is 1.58 bits per heavy atom. The van der Waals surface area contributed by atoms with E-state index in [0.717, 1.165) is 11.1 Å². The Kier molecular flexibility index (Phi) is 8.00. The van der Waals surface area contributed by atoms with Crippen LogP contribution in [0.3, 0.4) is 0 Å². The molecule has 4 aromatic rings. The van der Waals surface area contributed by atoms with Crippen LogP contribution in [0.1, 0.15) is 15.9 Å². The molecule has 2 aromatic heterocycles. The van der Waals surface area contributed by atoms with E-state index in [9.17, 15) is 14.7 Å². The SMILES string of the molecule is O=C(Nc1ccc(CC(Nc2nccc(-c3ccc(Cl)cc3)n2)C(=O)O)cc1)c1c(Cl)cncc1Cl. The number of aliphatic carboxylic acids is 1. The number of amides is 1. The fourth-order valence-electron chi connectivity index (χ4n) is 3.35. The summed E-state index contributed by atoms with van der Waals surface area (Å²) >= 11 is 18.0. The zero-order valence-electron chi connectivity index (χ0n) is 18.5. The van der Waals surface area contributed by atoms with E-state index in [4.69, 9.17) is 34.8 Å². The van der Waals surface area contributed by atoms with E-state index in [1.165, 1.54) is 12.4 Å². The number of anilines is 2. The molecule has 0 saturated carbocycles. The van der Waals surface area contributed by atoms with E-state index in [1.807, 2.05) is 12.1 Å². The third-order valence-electron chi connectivity index (χ3n) is 5.13. The zero-order chi connectivity index (χ0) is 25.7. The number of nitrogens with one attached hydrogen (secondary N) is 2. The number of carboxylic acid groups (broad SMARTS) is 1. The molecule has 0 bridgehead atoms. The number of aromatic nitrogens is 3. The second-order valence-electron chi connectivity index (χ2n) is 7.64. The van der Waals surface area contributed by atoms with E-state index in [1.54, 1.807) is 48.7 Å². The van der Waals surface area contributed by atoms with Gasteiger partial charge in [-0.25, -0.2) is 14.8 Å². The molecule has 2 aromatic carbocycles. The lowest BCUT2D eigenvalue weighted by atomic mass is 10.1. The highest BCUT2D eigenvalue weighted by atomic mass is 35.5. The minimum absolute atomic E-state index is 0.119. The molecule has 1 atom stereocenters. The van der Waals surface area contributed by atoms with Crippen LogP contribution in [0.4, 0.5) is 11.6 Å². The molecule has 1 amide bonds. The average molecular weight is 543 g/mol. The lowest BCUT2D eigenvalue weighted by Gasteiger charge is -2.15. The first-order valence-electron chi connectivity index (χ1n) is 10.6. The Morgan fingerprint density at radius 3 is 2.22 bits per heavy atom. The summed E-state index contributed by atoms with van der Waals surface area (Å²) in [6.07, 6.45) is 4.37. The Morgan fingerprint density at radius 1 is 0.917 bits per heavy atom. The molecule has 1 unspecified atom stereocenters. The summed E-state index contributed by atoms with van der Waals surface area (Å²) in [4.78, 5) is 36.9. The normalized spacial score (nSPS) is 11.5. The van der Waals surface area contributed by atoms with Crippen molar-refractivity contribution in [3.63, 3.8) is 0 Å². The second-order valence-corrected chi connectivity index (χ2v) is 8.89. The van der Waals surface area contributed by atoms with Crippen LogP contribution in [-0.2, 0) is 11.2 Å². The molecule has 0 aliphatic heterocycles. The first kappa shape index (κ1) is 25.4. The summed E-state index contributed by atoms with van der Waals surface area (Å²) < 4.78 is 0. The Bertz CT molecular complexity index is 1380. The summed E-state index contributed by atoms with van der Waals surface area (Å²) in [6.45, 7) is 0. The predicted molar refractivity (Wildman–Crippen MR) is 140 cm³/mol. The minimum Gasteiger partial charge on any atom is -0.480 e. The minimum atomic E-state index is -1.06. The highest BCUT2D eigenvalue weighted by Gasteiger charge is 2.20. The molecule has 0 aliphatic rings. The largest absolute Gasteiger partial charge is 0.480 e. The number of nitrogens with zero attached hydrogens (tertiary/aromatic N) is 3. The number of halogens is 3. The molecule has 8 nitrogen and oxygen atoms in total. The zero-order valence-corrected chi connectivity index (χ0v) is 20.7. The predicted octanol–water partition coefficient (Wildman–Crippen LogP) is 5.86. The van der Waals surface area contributed by atoms with Crippen LogP contribution < -0.4 is 10.6 Å². The molecule has 0 saturated heterocycles. The first-order chi connectivity index (χ1) is 17.3. The van der Waals surface area contributed by atoms with Crippen molar-refractivity contribution >= 4 is 58.3 Å². The molecule has 3 N–H and O–H groups in total. The van der Waals surface area contributed by atoms with Crippen molar-refractivity contribution in [2.24, 2.45) is 0 Å². The van der Waals surface area contributed by atoms with Crippen LogP contribution in [0.2, 0.25) is 15.1 Å². The van der Waals surface area contributed by atoms with Gasteiger partial charge in [-0.2, -0.15) is 0 Å². The van der Waals surface area contributed by atoms with E-state index in [2.05, 4.69) is 25.6 Å². The van der Waals surface area contributed by atoms with Crippen LogP contribution in [0.25, 0.3) is 11.3 Å². The number of hydrogen-bond donors (Lipinski definition) is 3. The fraction of sp³-hybridized carbons (Fsp3) is 0.0800. The maximum atomic E-state index is 12.5. The van der Waals surface area contributed by atoms with Crippen molar-refractivity contribution in [2.45, 2.75) is 12.5 Å². The summed E-state index contributed by atoms with van der Waals surface area (Å²) in [5.41, 5.74) is 2.79. The van der Waals surface area contributed by atoms with Crippen molar-refractivity contribution in [3.05, 3.63) is 99.4 Å². The third-order valence-corrected chi connectivity index (χ3v) is 5.95. The number of carbonyl (C=O) groups is 2. The number of benzene rings is 2.